The van der Waals surface area contributed by atoms with E-state index in [0.717, 1.165) is 27.2 Å². The zero-order valence-electron chi connectivity index (χ0n) is 15.7. The molecule has 0 amide bonds. The molecule has 0 aliphatic heterocycles. The van der Waals surface area contributed by atoms with Crippen molar-refractivity contribution in [3.05, 3.63) is 74.7 Å². The molecule has 0 aliphatic rings. The smallest absolute Gasteiger partial charge is 0.280 e. The lowest BCUT2D eigenvalue weighted by molar-refractivity contribution is 0.828. The number of aromatic nitrogens is 3. The number of fused-ring (bicyclic) bond motifs is 1. The molecule has 0 atom stereocenters. The number of rotatable bonds is 3. The first kappa shape index (κ1) is 17.4. The molecule has 0 saturated carbocycles. The van der Waals surface area contributed by atoms with Gasteiger partial charge in [-0.2, -0.15) is 0 Å². The molecule has 6 heteroatoms. The van der Waals surface area contributed by atoms with Gasteiger partial charge in [0.15, 0.2) is 0 Å². The molecule has 2 aromatic heterocycles. The largest absolute Gasteiger partial charge is 0.295 e. The lowest BCUT2D eigenvalue weighted by Gasteiger charge is -2.06. The summed E-state index contributed by atoms with van der Waals surface area (Å²) in [6.45, 7) is 7.98. The highest BCUT2D eigenvalue weighted by Crippen LogP contribution is 2.28. The zero-order chi connectivity index (χ0) is 19.1. The van der Waals surface area contributed by atoms with Crippen LogP contribution in [0.1, 0.15) is 27.9 Å². The number of aryl methyl sites for hydroxylation is 4. The van der Waals surface area contributed by atoms with Crippen LogP contribution in [-0.2, 0) is 0 Å². The molecule has 4 rings (SSSR count). The van der Waals surface area contributed by atoms with Crippen LogP contribution in [0.5, 0.6) is 0 Å². The number of nitrogens with zero attached hydrogens (tertiary/aromatic N) is 3. The van der Waals surface area contributed by atoms with Gasteiger partial charge in [0.05, 0.1) is 21.5 Å². The predicted octanol–water partition coefficient (Wildman–Crippen LogP) is 4.76. The summed E-state index contributed by atoms with van der Waals surface area (Å²) >= 11 is 1.52. The molecule has 4 aromatic rings. The highest BCUT2D eigenvalue weighted by Gasteiger charge is 2.12. The van der Waals surface area contributed by atoms with Crippen LogP contribution in [0.15, 0.2) is 46.2 Å². The van der Waals surface area contributed by atoms with E-state index < -0.39 is 0 Å². The van der Waals surface area contributed by atoms with Gasteiger partial charge in [-0.1, -0.05) is 35.1 Å². The van der Waals surface area contributed by atoms with Crippen molar-refractivity contribution in [2.24, 2.45) is 4.99 Å². The molecule has 0 bridgehead atoms. The van der Waals surface area contributed by atoms with Crippen LogP contribution >= 0.6 is 11.3 Å². The van der Waals surface area contributed by atoms with E-state index in [1.165, 1.54) is 22.5 Å². The molecule has 0 spiro atoms. The fourth-order valence-electron chi connectivity index (χ4n) is 3.13. The number of hydrogen-bond acceptors (Lipinski definition) is 4. The molecule has 0 radical (unpaired) electrons. The van der Waals surface area contributed by atoms with Gasteiger partial charge in [0.1, 0.15) is 0 Å². The van der Waals surface area contributed by atoms with Gasteiger partial charge in [-0.25, -0.2) is 14.7 Å². The third-order valence-electron chi connectivity index (χ3n) is 4.55. The summed E-state index contributed by atoms with van der Waals surface area (Å²) < 4.78 is 2.67. The van der Waals surface area contributed by atoms with Gasteiger partial charge < -0.3 is 0 Å². The van der Waals surface area contributed by atoms with Crippen LogP contribution in [0.3, 0.4) is 0 Å². The molecule has 0 fully saturated rings. The topological polar surface area (TPSA) is 63.0 Å². The van der Waals surface area contributed by atoms with Gasteiger partial charge in [0, 0.05) is 11.9 Å². The maximum Gasteiger partial charge on any atom is 0.280 e. The summed E-state index contributed by atoms with van der Waals surface area (Å²) in [6.07, 6.45) is 1.61. The molecule has 27 heavy (non-hydrogen) atoms. The second-order valence-electron chi connectivity index (χ2n) is 6.81. The van der Waals surface area contributed by atoms with Crippen molar-refractivity contribution >= 4 is 32.9 Å². The number of hydrogen-bond donors (Lipinski definition) is 1. The second kappa shape index (κ2) is 6.63. The average Bonchev–Trinajstić information content (AvgIpc) is 3.13. The summed E-state index contributed by atoms with van der Waals surface area (Å²) in [5, 5.41) is 3.80. The third kappa shape index (κ3) is 3.24. The molecule has 0 aliphatic carbocycles. The fraction of sp³-hybridized carbons (Fsp3) is 0.190. The monoisotopic (exact) mass is 376 g/mol. The second-order valence-corrected chi connectivity index (χ2v) is 7.82. The Kier molecular flexibility index (Phi) is 4.28. The Bertz CT molecular complexity index is 1240. The van der Waals surface area contributed by atoms with Crippen LogP contribution in [0.2, 0.25) is 0 Å². The lowest BCUT2D eigenvalue weighted by Crippen LogP contribution is -2.18. The average molecular weight is 376 g/mol. The van der Waals surface area contributed by atoms with Gasteiger partial charge in [0.25, 0.3) is 5.56 Å². The summed E-state index contributed by atoms with van der Waals surface area (Å²) in [4.78, 5) is 21.9. The van der Waals surface area contributed by atoms with Crippen molar-refractivity contribution in [2.75, 3.05) is 0 Å². The van der Waals surface area contributed by atoms with Crippen molar-refractivity contribution in [3.63, 3.8) is 0 Å². The van der Waals surface area contributed by atoms with E-state index in [2.05, 4.69) is 34.1 Å². The number of H-pyrrole nitrogens is 1. The van der Waals surface area contributed by atoms with Crippen molar-refractivity contribution < 1.29 is 0 Å². The Morgan fingerprint density at radius 2 is 1.81 bits per heavy atom. The quantitative estimate of drug-likeness (QED) is 0.524. The Morgan fingerprint density at radius 1 is 1.07 bits per heavy atom. The SMILES string of the molecule is Cc1ccc(-n2[nH]c(C)c(/C=N/c3nc4ccc(C)cc4s3)c2=O)c(C)c1. The Balaban J connectivity index is 1.72. The van der Waals surface area contributed by atoms with E-state index in [0.29, 0.717) is 10.7 Å². The van der Waals surface area contributed by atoms with E-state index in [9.17, 15) is 4.79 Å². The fourth-order valence-corrected chi connectivity index (χ4v) is 4.04. The predicted molar refractivity (Wildman–Crippen MR) is 112 cm³/mol. The highest BCUT2D eigenvalue weighted by atomic mass is 32.1. The van der Waals surface area contributed by atoms with Crippen LogP contribution in [0.25, 0.3) is 15.9 Å². The Labute approximate surface area is 161 Å². The van der Waals surface area contributed by atoms with Crippen LogP contribution < -0.4 is 5.56 Å². The molecule has 2 heterocycles. The van der Waals surface area contributed by atoms with Gasteiger partial charge >= 0.3 is 0 Å². The van der Waals surface area contributed by atoms with Crippen molar-refractivity contribution in [1.29, 1.82) is 0 Å². The highest BCUT2D eigenvalue weighted by molar-refractivity contribution is 7.22. The van der Waals surface area contributed by atoms with Crippen molar-refractivity contribution in [1.82, 2.24) is 14.8 Å². The number of thiazole rings is 1. The summed E-state index contributed by atoms with van der Waals surface area (Å²) in [5.74, 6) is 0. The third-order valence-corrected chi connectivity index (χ3v) is 5.47. The number of aromatic amines is 1. The number of aliphatic imine (C=N–C) groups is 1. The molecule has 136 valence electrons. The minimum absolute atomic E-state index is 0.111. The van der Waals surface area contributed by atoms with Gasteiger partial charge in [-0.05, 0) is 57.0 Å². The summed E-state index contributed by atoms with van der Waals surface area (Å²) in [6, 6.07) is 12.2. The van der Waals surface area contributed by atoms with E-state index >= 15 is 0 Å². The Hall–Kier alpha value is -2.99. The van der Waals surface area contributed by atoms with E-state index in [-0.39, 0.29) is 5.56 Å². The summed E-state index contributed by atoms with van der Waals surface area (Å²) in [5.41, 5.74) is 6.40. The van der Waals surface area contributed by atoms with Crippen LogP contribution in [0.4, 0.5) is 5.13 Å². The van der Waals surface area contributed by atoms with E-state index in [1.807, 2.05) is 45.0 Å². The zero-order valence-corrected chi connectivity index (χ0v) is 16.5. The minimum Gasteiger partial charge on any atom is -0.295 e. The Morgan fingerprint density at radius 3 is 2.59 bits per heavy atom. The molecule has 0 unspecified atom stereocenters. The first-order valence-electron chi connectivity index (χ1n) is 8.73. The lowest BCUT2D eigenvalue weighted by atomic mass is 10.1. The maximum absolute atomic E-state index is 12.9. The van der Waals surface area contributed by atoms with Gasteiger partial charge in [-0.3, -0.25) is 9.89 Å². The normalized spacial score (nSPS) is 11.7. The van der Waals surface area contributed by atoms with Crippen molar-refractivity contribution in [3.8, 4) is 5.69 Å². The first-order valence-corrected chi connectivity index (χ1v) is 9.54. The number of benzene rings is 2. The molecule has 0 saturated heterocycles. The van der Waals surface area contributed by atoms with Crippen LogP contribution in [-0.4, -0.2) is 21.0 Å². The standard InChI is InChI=1S/C21H20N4OS/c1-12-6-8-18(14(3)9-12)25-20(26)16(15(4)24-25)11-22-21-23-17-7-5-13(2)10-19(17)27-21/h5-11,24H,1-4H3/b22-11+. The molecule has 5 nitrogen and oxygen atoms in total. The first-order chi connectivity index (χ1) is 12.9. The van der Waals surface area contributed by atoms with Crippen LogP contribution in [0, 0.1) is 27.7 Å². The molecule has 1 N–H and O–H groups in total. The van der Waals surface area contributed by atoms with Gasteiger partial charge in [0.2, 0.25) is 5.13 Å². The minimum atomic E-state index is -0.111. The number of nitrogens with one attached hydrogen (secondary N) is 1. The molecule has 2 aromatic carbocycles. The summed E-state index contributed by atoms with van der Waals surface area (Å²) in [7, 11) is 0. The van der Waals surface area contributed by atoms with Crippen molar-refractivity contribution in [2.45, 2.75) is 27.7 Å². The van der Waals surface area contributed by atoms with E-state index in [4.69, 9.17) is 0 Å². The molecular formula is C21H20N4OS. The van der Waals surface area contributed by atoms with Gasteiger partial charge in [-0.15, -0.1) is 0 Å². The maximum atomic E-state index is 12.9. The molecular weight excluding hydrogens is 356 g/mol. The van der Waals surface area contributed by atoms with E-state index in [1.54, 1.807) is 10.9 Å².